The predicted molar refractivity (Wildman–Crippen MR) is 47.7 cm³/mol. The Labute approximate surface area is 79.2 Å². The second-order valence-electron chi connectivity index (χ2n) is 2.73. The minimum atomic E-state index is -0.540. The molecule has 7 heteroatoms. The fourth-order valence-electron chi connectivity index (χ4n) is 1.17. The number of aromatic nitrogens is 2. The van der Waals surface area contributed by atoms with Gasteiger partial charge in [0.2, 0.25) is 0 Å². The van der Waals surface area contributed by atoms with E-state index in [-0.39, 0.29) is 11.8 Å². The number of rotatable bonds is 1. The Morgan fingerprint density at radius 2 is 2.50 bits per heavy atom. The van der Waals surface area contributed by atoms with Crippen molar-refractivity contribution < 1.29 is 9.66 Å². The Balaban J connectivity index is 2.30. The van der Waals surface area contributed by atoms with Crippen LogP contribution in [-0.4, -0.2) is 33.8 Å². The second-order valence-corrected chi connectivity index (χ2v) is 2.73. The predicted octanol–water partition coefficient (Wildman–Crippen LogP) is 0.254. The zero-order valence-electron chi connectivity index (χ0n) is 7.29. The lowest BCUT2D eigenvalue weighted by Gasteiger charge is -2.04. The van der Waals surface area contributed by atoms with Crippen molar-refractivity contribution in [1.29, 1.82) is 0 Å². The van der Waals surface area contributed by atoms with Crippen LogP contribution in [0.2, 0.25) is 0 Å². The number of imidazole rings is 1. The van der Waals surface area contributed by atoms with E-state index >= 15 is 0 Å². The number of hydrogen-bond donors (Lipinski definition) is 0. The standard InChI is InChI=1S/C7H8N4O3/c12-11(13)6-5-10-3-1-8-2-4-14-7(10)9-6/h2,5H,1,3-4H2. The summed E-state index contributed by atoms with van der Waals surface area (Å²) >= 11 is 0. The van der Waals surface area contributed by atoms with Gasteiger partial charge in [0.15, 0.2) is 0 Å². The first-order valence-electron chi connectivity index (χ1n) is 4.10. The monoisotopic (exact) mass is 196 g/mol. The van der Waals surface area contributed by atoms with Crippen molar-refractivity contribution in [2.45, 2.75) is 6.54 Å². The van der Waals surface area contributed by atoms with Crippen molar-refractivity contribution in [1.82, 2.24) is 9.55 Å². The summed E-state index contributed by atoms with van der Waals surface area (Å²) in [6, 6.07) is 0.280. The largest absolute Gasteiger partial charge is 0.440 e. The SMILES string of the molecule is O=[N+]([O-])c1cn2c(n1)OCC=NCC2. The molecule has 0 spiro atoms. The van der Waals surface area contributed by atoms with E-state index in [1.807, 2.05) is 0 Å². The molecule has 0 N–H and O–H groups in total. The number of ether oxygens (including phenoxy) is 1. The summed E-state index contributed by atoms with van der Waals surface area (Å²) in [5.74, 6) is -0.193. The van der Waals surface area contributed by atoms with Crippen LogP contribution in [0.3, 0.4) is 0 Å². The maximum atomic E-state index is 10.4. The van der Waals surface area contributed by atoms with E-state index in [1.54, 1.807) is 10.8 Å². The van der Waals surface area contributed by atoms with E-state index in [9.17, 15) is 10.1 Å². The molecule has 0 bridgehead atoms. The maximum Gasteiger partial charge on any atom is 0.414 e. The highest BCUT2D eigenvalue weighted by atomic mass is 16.6. The molecule has 2 rings (SSSR count). The number of nitrogens with zero attached hydrogens (tertiary/aromatic N) is 4. The van der Waals surface area contributed by atoms with Crippen molar-refractivity contribution >= 4 is 12.0 Å². The quantitative estimate of drug-likeness (QED) is 0.476. The van der Waals surface area contributed by atoms with Crippen LogP contribution in [0.25, 0.3) is 0 Å². The zero-order chi connectivity index (χ0) is 9.97. The molecule has 0 aromatic carbocycles. The topological polar surface area (TPSA) is 82.5 Å². The molecular weight excluding hydrogens is 188 g/mol. The first-order valence-corrected chi connectivity index (χ1v) is 4.10. The normalized spacial score (nSPS) is 15.1. The molecule has 7 nitrogen and oxygen atoms in total. The number of hydrogen-bond acceptors (Lipinski definition) is 5. The molecule has 1 aromatic rings. The van der Waals surface area contributed by atoms with Crippen LogP contribution in [0, 0.1) is 10.1 Å². The van der Waals surface area contributed by atoms with Gasteiger partial charge in [-0.15, -0.1) is 0 Å². The molecule has 74 valence electrons. The lowest BCUT2D eigenvalue weighted by molar-refractivity contribution is -0.389. The van der Waals surface area contributed by atoms with Crippen molar-refractivity contribution in [3.8, 4) is 6.01 Å². The van der Waals surface area contributed by atoms with E-state index in [1.165, 1.54) is 6.20 Å². The minimum absolute atomic E-state index is 0.193. The Kier molecular flexibility index (Phi) is 2.13. The van der Waals surface area contributed by atoms with Gasteiger partial charge in [0.25, 0.3) is 0 Å². The van der Waals surface area contributed by atoms with Crippen molar-refractivity contribution in [2.24, 2.45) is 4.99 Å². The molecule has 0 fully saturated rings. The highest BCUT2D eigenvalue weighted by Gasteiger charge is 2.20. The Bertz CT molecular complexity index is 357. The van der Waals surface area contributed by atoms with Crippen molar-refractivity contribution in [3.05, 3.63) is 16.3 Å². The van der Waals surface area contributed by atoms with E-state index < -0.39 is 4.92 Å². The maximum absolute atomic E-state index is 10.4. The van der Waals surface area contributed by atoms with Crippen LogP contribution >= 0.6 is 0 Å². The van der Waals surface area contributed by atoms with E-state index in [4.69, 9.17) is 4.74 Å². The highest BCUT2D eigenvalue weighted by molar-refractivity contribution is 5.59. The van der Waals surface area contributed by atoms with Gasteiger partial charge in [0, 0.05) is 17.7 Å². The van der Waals surface area contributed by atoms with Gasteiger partial charge in [-0.3, -0.25) is 9.56 Å². The summed E-state index contributed by atoms with van der Waals surface area (Å²) < 4.78 is 6.75. The molecule has 14 heavy (non-hydrogen) atoms. The first-order chi connectivity index (χ1) is 6.77. The van der Waals surface area contributed by atoms with E-state index in [0.29, 0.717) is 19.7 Å². The Morgan fingerprint density at radius 1 is 1.64 bits per heavy atom. The third-order valence-corrected chi connectivity index (χ3v) is 1.80. The zero-order valence-corrected chi connectivity index (χ0v) is 7.29. The van der Waals surface area contributed by atoms with Crippen LogP contribution in [0.5, 0.6) is 6.01 Å². The summed E-state index contributed by atoms with van der Waals surface area (Å²) in [5, 5.41) is 10.4. The van der Waals surface area contributed by atoms with Crippen LogP contribution in [0.1, 0.15) is 0 Å². The molecular formula is C7H8N4O3. The molecule has 0 amide bonds. The lowest BCUT2D eigenvalue weighted by atomic mass is 10.6. The number of aliphatic imine (C=N–C) groups is 1. The van der Waals surface area contributed by atoms with Gasteiger partial charge in [0.05, 0.1) is 6.54 Å². The van der Waals surface area contributed by atoms with Gasteiger partial charge in [-0.1, -0.05) is 0 Å². The molecule has 2 heterocycles. The van der Waals surface area contributed by atoms with Crippen LogP contribution in [0.4, 0.5) is 5.82 Å². The minimum Gasteiger partial charge on any atom is -0.440 e. The molecule has 0 saturated carbocycles. The Morgan fingerprint density at radius 3 is 3.29 bits per heavy atom. The van der Waals surface area contributed by atoms with Crippen molar-refractivity contribution in [3.63, 3.8) is 0 Å². The second kappa shape index (κ2) is 3.44. The van der Waals surface area contributed by atoms with E-state index in [2.05, 4.69) is 9.98 Å². The fraction of sp³-hybridized carbons (Fsp3) is 0.429. The Hall–Kier alpha value is -1.92. The van der Waals surface area contributed by atoms with Gasteiger partial charge >= 0.3 is 11.8 Å². The molecule has 0 unspecified atom stereocenters. The highest BCUT2D eigenvalue weighted by Crippen LogP contribution is 2.17. The van der Waals surface area contributed by atoms with Crippen molar-refractivity contribution in [2.75, 3.05) is 13.2 Å². The molecule has 1 aliphatic heterocycles. The van der Waals surface area contributed by atoms with Crippen LogP contribution in [-0.2, 0) is 6.54 Å². The molecule has 0 aliphatic carbocycles. The van der Waals surface area contributed by atoms with Gasteiger partial charge in [-0.2, -0.15) is 0 Å². The van der Waals surface area contributed by atoms with Gasteiger partial charge in [0.1, 0.15) is 12.8 Å². The first kappa shape index (κ1) is 8.67. The average Bonchev–Trinajstić information content (AvgIpc) is 2.48. The summed E-state index contributed by atoms with van der Waals surface area (Å²) in [5.41, 5.74) is 0. The van der Waals surface area contributed by atoms with Gasteiger partial charge in [-0.05, 0) is 4.92 Å². The fourth-order valence-corrected chi connectivity index (χ4v) is 1.17. The molecule has 1 aliphatic rings. The summed E-state index contributed by atoms with van der Waals surface area (Å²) in [7, 11) is 0. The van der Waals surface area contributed by atoms with E-state index in [0.717, 1.165) is 0 Å². The van der Waals surface area contributed by atoms with Crippen LogP contribution in [0.15, 0.2) is 11.2 Å². The lowest BCUT2D eigenvalue weighted by Crippen LogP contribution is -2.10. The third kappa shape index (κ3) is 1.56. The third-order valence-electron chi connectivity index (χ3n) is 1.80. The summed E-state index contributed by atoms with van der Waals surface area (Å²) in [4.78, 5) is 17.6. The average molecular weight is 196 g/mol. The summed E-state index contributed by atoms with van der Waals surface area (Å²) in [6.45, 7) is 1.44. The van der Waals surface area contributed by atoms with Gasteiger partial charge in [-0.25, -0.2) is 0 Å². The summed E-state index contributed by atoms with van der Waals surface area (Å²) in [6.07, 6.45) is 2.99. The molecule has 1 aromatic heterocycles. The molecule has 0 atom stereocenters. The number of fused-ring (bicyclic) bond motifs is 1. The molecule has 0 saturated heterocycles. The smallest absolute Gasteiger partial charge is 0.414 e. The van der Waals surface area contributed by atoms with Gasteiger partial charge < -0.3 is 14.9 Å². The number of nitro groups is 1. The molecule has 0 radical (unpaired) electrons. The van der Waals surface area contributed by atoms with Crippen LogP contribution < -0.4 is 4.74 Å².